The van der Waals surface area contributed by atoms with E-state index in [9.17, 15) is 18.0 Å². The van der Waals surface area contributed by atoms with E-state index in [1.807, 2.05) is 0 Å². The molecule has 0 unspecified atom stereocenters. The predicted octanol–water partition coefficient (Wildman–Crippen LogP) is 5.50. The molecule has 0 saturated heterocycles. The lowest BCUT2D eigenvalue weighted by Crippen LogP contribution is -2.16. The van der Waals surface area contributed by atoms with Gasteiger partial charge in [0, 0.05) is 6.07 Å². The second-order valence-electron chi connectivity index (χ2n) is 4.04. The third kappa shape index (κ3) is 4.29. The van der Waals surface area contributed by atoms with Gasteiger partial charge in [0.05, 0.1) is 15.6 Å². The SMILES string of the molecule is O=Cc1cc(Cl)c(Cl)cc1Oc1ccc(OC(F)(F)F)cc1. The number of carbonyl (C=O) groups is 1. The summed E-state index contributed by atoms with van der Waals surface area (Å²) in [5.41, 5.74) is 0.157. The maximum absolute atomic E-state index is 12.1. The van der Waals surface area contributed by atoms with Gasteiger partial charge in [0.25, 0.3) is 0 Å². The van der Waals surface area contributed by atoms with Crippen molar-refractivity contribution in [2.24, 2.45) is 0 Å². The van der Waals surface area contributed by atoms with Gasteiger partial charge in [0.2, 0.25) is 0 Å². The summed E-state index contributed by atoms with van der Waals surface area (Å²) in [7, 11) is 0. The Kier molecular flexibility index (Phi) is 4.83. The zero-order chi connectivity index (χ0) is 16.3. The summed E-state index contributed by atoms with van der Waals surface area (Å²) in [6.45, 7) is 0. The number of rotatable bonds is 4. The fourth-order valence-corrected chi connectivity index (χ4v) is 1.89. The van der Waals surface area contributed by atoms with E-state index in [2.05, 4.69) is 4.74 Å². The Morgan fingerprint density at radius 1 is 0.955 bits per heavy atom. The molecule has 8 heteroatoms. The summed E-state index contributed by atoms with van der Waals surface area (Å²) >= 11 is 11.6. The molecule has 22 heavy (non-hydrogen) atoms. The summed E-state index contributed by atoms with van der Waals surface area (Å²) in [5.74, 6) is -0.0468. The van der Waals surface area contributed by atoms with Crippen molar-refractivity contribution in [3.8, 4) is 17.2 Å². The molecule has 2 rings (SSSR count). The van der Waals surface area contributed by atoms with Crippen LogP contribution >= 0.6 is 23.2 Å². The van der Waals surface area contributed by atoms with Gasteiger partial charge in [-0.2, -0.15) is 0 Å². The molecular formula is C14H7Cl2F3O3. The van der Waals surface area contributed by atoms with Crippen molar-refractivity contribution < 1.29 is 27.4 Å². The molecule has 0 fully saturated rings. The molecule has 0 amide bonds. The summed E-state index contributed by atoms with van der Waals surface area (Å²) in [5, 5.41) is 0.365. The van der Waals surface area contributed by atoms with Crippen LogP contribution in [-0.2, 0) is 0 Å². The monoisotopic (exact) mass is 350 g/mol. The molecule has 0 bridgehead atoms. The lowest BCUT2D eigenvalue weighted by atomic mass is 10.2. The minimum atomic E-state index is -4.77. The van der Waals surface area contributed by atoms with Crippen molar-refractivity contribution in [2.75, 3.05) is 0 Å². The average Bonchev–Trinajstić information content (AvgIpc) is 2.43. The molecule has 0 aliphatic heterocycles. The fourth-order valence-electron chi connectivity index (χ4n) is 1.56. The van der Waals surface area contributed by atoms with Gasteiger partial charge in [-0.05, 0) is 30.3 Å². The molecule has 2 aromatic carbocycles. The number of hydrogen-bond donors (Lipinski definition) is 0. The summed E-state index contributed by atoms with van der Waals surface area (Å²) < 4.78 is 45.3. The van der Waals surface area contributed by atoms with Crippen LogP contribution in [0.25, 0.3) is 0 Å². The molecule has 0 atom stereocenters. The Morgan fingerprint density at radius 2 is 1.50 bits per heavy atom. The molecule has 0 saturated carbocycles. The molecule has 0 aliphatic carbocycles. The Morgan fingerprint density at radius 3 is 2.05 bits per heavy atom. The van der Waals surface area contributed by atoms with Gasteiger partial charge in [-0.15, -0.1) is 13.2 Å². The molecule has 3 nitrogen and oxygen atoms in total. The van der Waals surface area contributed by atoms with Crippen LogP contribution in [0.1, 0.15) is 10.4 Å². The van der Waals surface area contributed by atoms with E-state index in [0.717, 1.165) is 12.1 Å². The van der Waals surface area contributed by atoms with Gasteiger partial charge in [0.15, 0.2) is 6.29 Å². The maximum atomic E-state index is 12.1. The number of halogens is 5. The molecule has 116 valence electrons. The number of carbonyl (C=O) groups excluding carboxylic acids is 1. The quantitative estimate of drug-likeness (QED) is 0.683. The highest BCUT2D eigenvalue weighted by Crippen LogP contribution is 2.33. The Balaban J connectivity index is 2.21. The minimum absolute atomic E-state index is 0.133. The van der Waals surface area contributed by atoms with Crippen molar-refractivity contribution in [2.45, 2.75) is 6.36 Å². The lowest BCUT2D eigenvalue weighted by Gasteiger charge is -2.11. The molecular weight excluding hydrogens is 344 g/mol. The average molecular weight is 351 g/mol. The first-order chi connectivity index (χ1) is 10.3. The van der Waals surface area contributed by atoms with Crippen molar-refractivity contribution in [3.05, 3.63) is 52.0 Å². The standard InChI is InChI=1S/C14H7Cl2F3O3/c15-11-5-8(7-20)13(6-12(11)16)21-9-1-3-10(4-2-9)22-14(17,18)19/h1-7H. The highest BCUT2D eigenvalue weighted by molar-refractivity contribution is 6.42. The largest absolute Gasteiger partial charge is 0.573 e. The summed E-state index contributed by atoms with van der Waals surface area (Å²) in [6.07, 6.45) is -4.24. The zero-order valence-electron chi connectivity index (χ0n) is 10.7. The van der Waals surface area contributed by atoms with Crippen LogP contribution in [0.15, 0.2) is 36.4 Å². The molecule has 0 heterocycles. The third-order valence-corrected chi connectivity index (χ3v) is 3.19. The van der Waals surface area contributed by atoms with E-state index in [-0.39, 0.29) is 32.9 Å². The van der Waals surface area contributed by atoms with Crippen LogP contribution in [-0.4, -0.2) is 12.6 Å². The molecule has 0 aliphatic rings. The minimum Gasteiger partial charge on any atom is -0.457 e. The first kappa shape index (κ1) is 16.5. The molecule has 0 N–H and O–H groups in total. The van der Waals surface area contributed by atoms with Crippen LogP contribution < -0.4 is 9.47 Å². The second kappa shape index (κ2) is 6.46. The van der Waals surface area contributed by atoms with Gasteiger partial charge in [0.1, 0.15) is 17.2 Å². The first-order valence-corrected chi connectivity index (χ1v) is 6.52. The molecule has 0 aromatic heterocycles. The number of benzene rings is 2. The molecule has 2 aromatic rings. The fraction of sp³-hybridized carbons (Fsp3) is 0.0714. The Labute approximate surface area is 133 Å². The first-order valence-electron chi connectivity index (χ1n) is 5.76. The van der Waals surface area contributed by atoms with Crippen LogP contribution in [0.4, 0.5) is 13.2 Å². The van der Waals surface area contributed by atoms with Crippen LogP contribution in [0.3, 0.4) is 0 Å². The van der Waals surface area contributed by atoms with Crippen LogP contribution in [0, 0.1) is 0 Å². The smallest absolute Gasteiger partial charge is 0.457 e. The topological polar surface area (TPSA) is 35.5 Å². The van der Waals surface area contributed by atoms with E-state index >= 15 is 0 Å². The Hall–Kier alpha value is -1.92. The summed E-state index contributed by atoms with van der Waals surface area (Å²) in [4.78, 5) is 11.0. The highest BCUT2D eigenvalue weighted by atomic mass is 35.5. The van der Waals surface area contributed by atoms with Crippen molar-refractivity contribution in [1.82, 2.24) is 0 Å². The second-order valence-corrected chi connectivity index (χ2v) is 4.86. The van der Waals surface area contributed by atoms with Gasteiger partial charge in [-0.1, -0.05) is 23.2 Å². The number of alkyl halides is 3. The maximum Gasteiger partial charge on any atom is 0.573 e. The van der Waals surface area contributed by atoms with Gasteiger partial charge < -0.3 is 9.47 Å². The number of ether oxygens (including phenoxy) is 2. The van der Waals surface area contributed by atoms with E-state index in [4.69, 9.17) is 27.9 Å². The normalized spacial score (nSPS) is 11.1. The van der Waals surface area contributed by atoms with E-state index < -0.39 is 6.36 Å². The lowest BCUT2D eigenvalue weighted by molar-refractivity contribution is -0.274. The van der Waals surface area contributed by atoms with E-state index in [1.54, 1.807) is 0 Å². The van der Waals surface area contributed by atoms with Crippen LogP contribution in [0.2, 0.25) is 10.0 Å². The molecule has 0 radical (unpaired) electrons. The van der Waals surface area contributed by atoms with Gasteiger partial charge >= 0.3 is 6.36 Å². The van der Waals surface area contributed by atoms with Gasteiger partial charge in [-0.3, -0.25) is 4.79 Å². The number of aldehydes is 1. The third-order valence-electron chi connectivity index (χ3n) is 2.46. The van der Waals surface area contributed by atoms with E-state index in [0.29, 0.717) is 6.29 Å². The summed E-state index contributed by atoms with van der Waals surface area (Å²) in [6, 6.07) is 7.36. The zero-order valence-corrected chi connectivity index (χ0v) is 12.2. The van der Waals surface area contributed by atoms with Crippen molar-refractivity contribution in [3.63, 3.8) is 0 Å². The van der Waals surface area contributed by atoms with E-state index in [1.165, 1.54) is 24.3 Å². The number of hydrogen-bond acceptors (Lipinski definition) is 3. The molecule has 0 spiro atoms. The highest BCUT2D eigenvalue weighted by Gasteiger charge is 2.31. The van der Waals surface area contributed by atoms with Crippen molar-refractivity contribution >= 4 is 29.5 Å². The van der Waals surface area contributed by atoms with Crippen molar-refractivity contribution in [1.29, 1.82) is 0 Å². The predicted molar refractivity (Wildman–Crippen MR) is 75.0 cm³/mol. The Bertz CT molecular complexity index is 685. The van der Waals surface area contributed by atoms with Gasteiger partial charge in [-0.25, -0.2) is 0 Å². The van der Waals surface area contributed by atoms with Crippen LogP contribution in [0.5, 0.6) is 17.2 Å².